The van der Waals surface area contributed by atoms with Crippen molar-refractivity contribution in [2.24, 2.45) is 5.92 Å². The van der Waals surface area contributed by atoms with E-state index in [-0.39, 0.29) is 5.91 Å². The lowest BCUT2D eigenvalue weighted by Crippen LogP contribution is -2.57. The molecule has 1 atom stereocenters. The second-order valence-electron chi connectivity index (χ2n) is 6.12. The lowest BCUT2D eigenvalue weighted by atomic mass is 9.84. The first-order valence-corrected chi connectivity index (χ1v) is 8.87. The van der Waals surface area contributed by atoms with Gasteiger partial charge in [-0.3, -0.25) is 4.79 Å². The van der Waals surface area contributed by atoms with Gasteiger partial charge in [-0.15, -0.1) is 0 Å². The number of oxazole rings is 1. The number of aromatic nitrogens is 1. The smallest absolute Gasteiger partial charge is 0.261 e. The van der Waals surface area contributed by atoms with E-state index in [1.54, 1.807) is 11.5 Å². The summed E-state index contributed by atoms with van der Waals surface area (Å²) in [7, 11) is 0. The van der Waals surface area contributed by atoms with Crippen LogP contribution in [-0.4, -0.2) is 41.5 Å². The maximum absolute atomic E-state index is 12.1. The Hall–Kier alpha value is -1.79. The predicted molar refractivity (Wildman–Crippen MR) is 90.1 cm³/mol. The van der Waals surface area contributed by atoms with Gasteiger partial charge in [-0.2, -0.15) is 0 Å². The van der Waals surface area contributed by atoms with E-state index in [0.717, 1.165) is 17.6 Å². The Bertz CT molecular complexity index is 701. The standard InChI is InChI=1S/C17H19N3O2S/c21-16(18-14-11-20-8-5-12(14)6-9-20)7-10-23-17-19-13-3-1-2-4-15(13)22-17/h1-4,7,10,12,14H,5-6,8-9,11H2,(H,18,21)/b10-7+. The fraction of sp³-hybridized carbons (Fsp3) is 0.412. The molecule has 2 aromatic rings. The minimum absolute atomic E-state index is 0.0349. The van der Waals surface area contributed by atoms with Crippen LogP contribution in [0.2, 0.25) is 0 Å². The van der Waals surface area contributed by atoms with Crippen LogP contribution in [0.1, 0.15) is 12.8 Å². The van der Waals surface area contributed by atoms with Gasteiger partial charge in [-0.1, -0.05) is 12.1 Å². The molecule has 120 valence electrons. The van der Waals surface area contributed by atoms with Crippen molar-refractivity contribution in [1.82, 2.24) is 15.2 Å². The number of hydrogen-bond acceptors (Lipinski definition) is 5. The van der Waals surface area contributed by atoms with Crippen LogP contribution in [0.4, 0.5) is 0 Å². The Morgan fingerprint density at radius 2 is 2.17 bits per heavy atom. The summed E-state index contributed by atoms with van der Waals surface area (Å²) in [4.78, 5) is 18.9. The molecule has 4 heterocycles. The van der Waals surface area contributed by atoms with Crippen LogP contribution >= 0.6 is 11.8 Å². The molecule has 0 saturated carbocycles. The lowest BCUT2D eigenvalue weighted by molar-refractivity contribution is -0.118. The van der Waals surface area contributed by atoms with Gasteiger partial charge < -0.3 is 14.6 Å². The number of rotatable bonds is 4. The van der Waals surface area contributed by atoms with Gasteiger partial charge in [0, 0.05) is 18.7 Å². The van der Waals surface area contributed by atoms with Crippen LogP contribution < -0.4 is 5.32 Å². The number of thioether (sulfide) groups is 1. The summed E-state index contributed by atoms with van der Waals surface area (Å²) in [6.45, 7) is 3.35. The Morgan fingerprint density at radius 3 is 2.91 bits per heavy atom. The molecule has 3 saturated heterocycles. The number of nitrogens with one attached hydrogen (secondary N) is 1. The molecule has 6 heteroatoms. The first kappa shape index (κ1) is 14.8. The van der Waals surface area contributed by atoms with Gasteiger partial charge in [0.05, 0.1) is 0 Å². The third-order valence-electron chi connectivity index (χ3n) is 4.65. The fourth-order valence-electron chi connectivity index (χ4n) is 3.41. The maximum atomic E-state index is 12.1. The van der Waals surface area contributed by atoms with Crippen molar-refractivity contribution in [1.29, 1.82) is 0 Å². The number of fused-ring (bicyclic) bond motifs is 4. The summed E-state index contributed by atoms with van der Waals surface area (Å²) in [5.41, 5.74) is 1.60. The molecule has 23 heavy (non-hydrogen) atoms. The third kappa shape index (κ3) is 3.28. The number of carbonyl (C=O) groups is 1. The fourth-order valence-corrected chi connectivity index (χ4v) is 4.01. The maximum Gasteiger partial charge on any atom is 0.261 e. The topological polar surface area (TPSA) is 58.4 Å². The number of piperidine rings is 3. The highest BCUT2D eigenvalue weighted by Crippen LogP contribution is 2.27. The van der Waals surface area contributed by atoms with Crippen LogP contribution in [0, 0.1) is 5.92 Å². The normalized spacial score (nSPS) is 26.9. The SMILES string of the molecule is O=C(/C=C/Sc1nc2ccccc2o1)NC1CN2CCC1CC2. The number of nitrogens with zero attached hydrogens (tertiary/aromatic N) is 2. The minimum atomic E-state index is -0.0349. The average molecular weight is 329 g/mol. The summed E-state index contributed by atoms with van der Waals surface area (Å²) >= 11 is 1.32. The predicted octanol–water partition coefficient (Wildman–Crippen LogP) is 2.64. The highest BCUT2D eigenvalue weighted by Gasteiger charge is 2.34. The molecule has 0 spiro atoms. The summed E-state index contributed by atoms with van der Waals surface area (Å²) in [6, 6.07) is 7.93. The summed E-state index contributed by atoms with van der Waals surface area (Å²) in [5.74, 6) is 0.606. The highest BCUT2D eigenvalue weighted by molar-refractivity contribution is 8.01. The van der Waals surface area contributed by atoms with Crippen molar-refractivity contribution in [2.75, 3.05) is 19.6 Å². The van der Waals surface area contributed by atoms with Crippen LogP contribution in [0.15, 0.2) is 45.4 Å². The van der Waals surface area contributed by atoms with Crippen molar-refractivity contribution in [3.63, 3.8) is 0 Å². The summed E-state index contributed by atoms with van der Waals surface area (Å²) in [6.07, 6.45) is 3.97. The first-order chi connectivity index (χ1) is 11.3. The molecule has 5 nitrogen and oxygen atoms in total. The number of para-hydroxylation sites is 2. The zero-order valence-corrected chi connectivity index (χ0v) is 13.6. The van der Waals surface area contributed by atoms with Gasteiger partial charge in [-0.25, -0.2) is 4.98 Å². The van der Waals surface area contributed by atoms with Gasteiger partial charge in [0.1, 0.15) is 5.52 Å². The molecule has 0 aliphatic carbocycles. The zero-order chi connectivity index (χ0) is 15.6. The first-order valence-electron chi connectivity index (χ1n) is 7.99. The van der Waals surface area contributed by atoms with Crippen molar-refractivity contribution >= 4 is 28.8 Å². The van der Waals surface area contributed by atoms with E-state index >= 15 is 0 Å². The monoisotopic (exact) mass is 329 g/mol. The van der Waals surface area contributed by atoms with Crippen molar-refractivity contribution in [3.05, 3.63) is 35.7 Å². The summed E-state index contributed by atoms with van der Waals surface area (Å²) in [5, 5.41) is 5.42. The molecule has 3 fully saturated rings. The van der Waals surface area contributed by atoms with Crippen LogP contribution in [0.3, 0.4) is 0 Å². The number of carbonyl (C=O) groups excluding carboxylic acids is 1. The van der Waals surface area contributed by atoms with E-state index in [1.807, 2.05) is 24.3 Å². The van der Waals surface area contributed by atoms with E-state index < -0.39 is 0 Å². The van der Waals surface area contributed by atoms with Gasteiger partial charge in [0.25, 0.3) is 5.22 Å². The van der Waals surface area contributed by atoms with Gasteiger partial charge in [-0.05, 0) is 61.2 Å². The minimum Gasteiger partial charge on any atom is -0.431 e. The summed E-state index contributed by atoms with van der Waals surface area (Å²) < 4.78 is 5.60. The van der Waals surface area contributed by atoms with Crippen molar-refractivity contribution in [2.45, 2.75) is 24.1 Å². The third-order valence-corrected chi connectivity index (χ3v) is 5.29. The van der Waals surface area contributed by atoms with E-state index in [4.69, 9.17) is 4.42 Å². The molecule has 3 aliphatic heterocycles. The van der Waals surface area contributed by atoms with Crippen LogP contribution in [0.25, 0.3) is 11.1 Å². The Morgan fingerprint density at radius 1 is 1.35 bits per heavy atom. The average Bonchev–Trinajstić information content (AvgIpc) is 2.98. The largest absolute Gasteiger partial charge is 0.431 e. The molecular weight excluding hydrogens is 310 g/mol. The molecular formula is C17H19N3O2S. The van der Waals surface area contributed by atoms with Crippen LogP contribution in [0.5, 0.6) is 0 Å². The van der Waals surface area contributed by atoms with Gasteiger partial charge >= 0.3 is 0 Å². The Labute approximate surface area is 139 Å². The molecule has 5 rings (SSSR count). The van der Waals surface area contributed by atoms with Gasteiger partial charge in [0.15, 0.2) is 5.58 Å². The quantitative estimate of drug-likeness (QED) is 0.690. The molecule has 1 unspecified atom stereocenters. The van der Waals surface area contributed by atoms with Crippen molar-refractivity contribution in [3.8, 4) is 0 Å². The molecule has 1 amide bonds. The van der Waals surface area contributed by atoms with E-state index in [9.17, 15) is 4.79 Å². The Kier molecular flexibility index (Phi) is 4.10. The highest BCUT2D eigenvalue weighted by atomic mass is 32.2. The lowest BCUT2D eigenvalue weighted by Gasteiger charge is -2.44. The molecule has 2 bridgehead atoms. The van der Waals surface area contributed by atoms with E-state index in [1.165, 1.54) is 37.7 Å². The number of hydrogen-bond donors (Lipinski definition) is 1. The van der Waals surface area contributed by atoms with Crippen molar-refractivity contribution < 1.29 is 9.21 Å². The molecule has 1 N–H and O–H groups in total. The van der Waals surface area contributed by atoms with Crippen LogP contribution in [-0.2, 0) is 4.79 Å². The zero-order valence-electron chi connectivity index (χ0n) is 12.8. The second-order valence-corrected chi connectivity index (χ2v) is 6.98. The molecule has 3 aliphatic rings. The molecule has 1 aromatic carbocycles. The Balaban J connectivity index is 1.32. The molecule has 0 radical (unpaired) electrons. The van der Waals surface area contributed by atoms with Gasteiger partial charge in [0.2, 0.25) is 5.91 Å². The number of benzene rings is 1. The second kappa shape index (κ2) is 6.37. The number of amides is 1. The molecule has 1 aromatic heterocycles. The van der Waals surface area contributed by atoms with E-state index in [0.29, 0.717) is 17.2 Å². The van der Waals surface area contributed by atoms with E-state index in [2.05, 4.69) is 15.2 Å².